The lowest BCUT2D eigenvalue weighted by Gasteiger charge is -2.11. The van der Waals surface area contributed by atoms with E-state index in [1.165, 1.54) is 24.8 Å². The van der Waals surface area contributed by atoms with Crippen LogP contribution >= 0.6 is 0 Å². The number of carbonyl (C=O) groups excluding carboxylic acids is 1. The highest BCUT2D eigenvalue weighted by Crippen LogP contribution is 2.12. The van der Waals surface area contributed by atoms with Gasteiger partial charge in [-0.3, -0.25) is 4.79 Å². The highest BCUT2D eigenvalue weighted by Gasteiger charge is 2.11. The second-order valence-corrected chi connectivity index (χ2v) is 5.04. The summed E-state index contributed by atoms with van der Waals surface area (Å²) in [6.07, 6.45) is 6.49. The highest BCUT2D eigenvalue weighted by molar-refractivity contribution is 5.94. The molecule has 1 aromatic carbocycles. The van der Waals surface area contributed by atoms with Crippen LogP contribution in [0.15, 0.2) is 24.3 Å². The zero-order chi connectivity index (χ0) is 14.1. The third kappa shape index (κ3) is 5.88. The minimum absolute atomic E-state index is 0.0967. The predicted molar refractivity (Wildman–Crippen MR) is 81.2 cm³/mol. The van der Waals surface area contributed by atoms with E-state index in [1.54, 1.807) is 0 Å². The number of hydrogen-bond acceptors (Lipinski definition) is 2. The standard InChI is InChI=1S/C16H26N2O/c1-3-5-6-8-13-9-11-14(12-10-13)18-16(19)15(17)7-4-2/h9-12,15H,3-8,17H2,1-2H3,(H,18,19)/t15-/m1/s1. The van der Waals surface area contributed by atoms with Crippen molar-refractivity contribution < 1.29 is 4.79 Å². The molecule has 0 aromatic heterocycles. The molecule has 0 saturated carbocycles. The number of aryl methyl sites for hydroxylation is 1. The van der Waals surface area contributed by atoms with Crippen molar-refractivity contribution in [1.82, 2.24) is 0 Å². The van der Waals surface area contributed by atoms with Crippen molar-refractivity contribution >= 4 is 11.6 Å². The summed E-state index contributed by atoms with van der Waals surface area (Å²) in [5.74, 6) is -0.0967. The Kier molecular flexibility index (Phi) is 7.19. The number of benzene rings is 1. The SMILES string of the molecule is CCCCCc1ccc(NC(=O)[C@H](N)CCC)cc1. The van der Waals surface area contributed by atoms with Crippen LogP contribution in [0.2, 0.25) is 0 Å². The summed E-state index contributed by atoms with van der Waals surface area (Å²) in [7, 11) is 0. The van der Waals surface area contributed by atoms with Gasteiger partial charge in [0.05, 0.1) is 6.04 Å². The molecule has 19 heavy (non-hydrogen) atoms. The van der Waals surface area contributed by atoms with E-state index in [2.05, 4.69) is 24.4 Å². The van der Waals surface area contributed by atoms with Crippen LogP contribution < -0.4 is 11.1 Å². The van der Waals surface area contributed by atoms with E-state index in [-0.39, 0.29) is 5.91 Å². The fraction of sp³-hybridized carbons (Fsp3) is 0.562. The van der Waals surface area contributed by atoms with Gasteiger partial charge in [-0.1, -0.05) is 45.2 Å². The first-order valence-electron chi connectivity index (χ1n) is 7.32. The van der Waals surface area contributed by atoms with Gasteiger partial charge in [0.15, 0.2) is 0 Å². The van der Waals surface area contributed by atoms with E-state index in [4.69, 9.17) is 5.73 Å². The fourth-order valence-corrected chi connectivity index (χ4v) is 2.01. The van der Waals surface area contributed by atoms with Crippen LogP contribution in [0.4, 0.5) is 5.69 Å². The Labute approximate surface area is 116 Å². The fourth-order valence-electron chi connectivity index (χ4n) is 2.01. The number of rotatable bonds is 8. The smallest absolute Gasteiger partial charge is 0.241 e. The molecule has 0 saturated heterocycles. The van der Waals surface area contributed by atoms with Gasteiger partial charge in [0.1, 0.15) is 0 Å². The Morgan fingerprint density at radius 1 is 1.16 bits per heavy atom. The molecule has 0 bridgehead atoms. The zero-order valence-corrected chi connectivity index (χ0v) is 12.1. The Bertz CT molecular complexity index is 373. The summed E-state index contributed by atoms with van der Waals surface area (Å²) in [5.41, 5.74) is 7.93. The van der Waals surface area contributed by atoms with E-state index >= 15 is 0 Å². The molecule has 1 aromatic rings. The van der Waals surface area contributed by atoms with Crippen LogP contribution in [0.3, 0.4) is 0 Å². The van der Waals surface area contributed by atoms with E-state index < -0.39 is 6.04 Å². The molecule has 1 rings (SSSR count). The van der Waals surface area contributed by atoms with Gasteiger partial charge in [0.25, 0.3) is 0 Å². The topological polar surface area (TPSA) is 55.1 Å². The Morgan fingerprint density at radius 3 is 2.42 bits per heavy atom. The molecule has 0 unspecified atom stereocenters. The lowest BCUT2D eigenvalue weighted by molar-refractivity contribution is -0.117. The number of carbonyl (C=O) groups is 1. The van der Waals surface area contributed by atoms with Crippen molar-refractivity contribution in [2.45, 2.75) is 58.4 Å². The van der Waals surface area contributed by atoms with Crippen molar-refractivity contribution in [3.8, 4) is 0 Å². The second-order valence-electron chi connectivity index (χ2n) is 5.04. The summed E-state index contributed by atoms with van der Waals surface area (Å²) < 4.78 is 0. The van der Waals surface area contributed by atoms with Crippen molar-refractivity contribution in [3.63, 3.8) is 0 Å². The third-order valence-corrected chi connectivity index (χ3v) is 3.23. The van der Waals surface area contributed by atoms with E-state index in [0.717, 1.165) is 24.9 Å². The van der Waals surface area contributed by atoms with Crippen LogP contribution in [0, 0.1) is 0 Å². The number of hydrogen-bond donors (Lipinski definition) is 2. The summed E-state index contributed by atoms with van der Waals surface area (Å²) >= 11 is 0. The van der Waals surface area contributed by atoms with E-state index in [0.29, 0.717) is 0 Å². The molecule has 0 aliphatic rings. The van der Waals surface area contributed by atoms with Crippen molar-refractivity contribution in [3.05, 3.63) is 29.8 Å². The molecule has 0 radical (unpaired) electrons. The van der Waals surface area contributed by atoms with E-state index in [1.807, 2.05) is 19.1 Å². The minimum atomic E-state index is -0.408. The van der Waals surface area contributed by atoms with Gasteiger partial charge in [-0.2, -0.15) is 0 Å². The van der Waals surface area contributed by atoms with Crippen LogP contribution in [0.25, 0.3) is 0 Å². The van der Waals surface area contributed by atoms with Crippen LogP contribution in [-0.4, -0.2) is 11.9 Å². The van der Waals surface area contributed by atoms with Gasteiger partial charge in [-0.15, -0.1) is 0 Å². The maximum absolute atomic E-state index is 11.8. The molecule has 1 atom stereocenters. The van der Waals surface area contributed by atoms with Crippen LogP contribution in [0.5, 0.6) is 0 Å². The molecule has 3 N–H and O–H groups in total. The minimum Gasteiger partial charge on any atom is -0.325 e. The summed E-state index contributed by atoms with van der Waals surface area (Å²) in [4.78, 5) is 11.8. The molecule has 0 heterocycles. The summed E-state index contributed by atoms with van der Waals surface area (Å²) in [6.45, 7) is 4.23. The molecule has 3 nitrogen and oxygen atoms in total. The maximum Gasteiger partial charge on any atom is 0.241 e. The molecule has 0 fully saturated rings. The van der Waals surface area contributed by atoms with Gasteiger partial charge >= 0.3 is 0 Å². The average Bonchev–Trinajstić information content (AvgIpc) is 2.41. The number of unbranched alkanes of at least 4 members (excludes halogenated alkanes) is 2. The Hall–Kier alpha value is -1.35. The lowest BCUT2D eigenvalue weighted by atomic mass is 10.1. The Morgan fingerprint density at radius 2 is 1.84 bits per heavy atom. The molecule has 1 amide bonds. The molecule has 0 aliphatic heterocycles. The van der Waals surface area contributed by atoms with Gasteiger partial charge < -0.3 is 11.1 Å². The highest BCUT2D eigenvalue weighted by atomic mass is 16.2. The number of amides is 1. The first-order valence-corrected chi connectivity index (χ1v) is 7.32. The molecular weight excluding hydrogens is 236 g/mol. The number of anilines is 1. The molecular formula is C16H26N2O. The van der Waals surface area contributed by atoms with Crippen molar-refractivity contribution in [2.24, 2.45) is 5.73 Å². The number of nitrogens with two attached hydrogens (primary N) is 1. The zero-order valence-electron chi connectivity index (χ0n) is 12.1. The van der Waals surface area contributed by atoms with Gasteiger partial charge in [-0.05, 0) is 37.0 Å². The molecule has 106 valence electrons. The summed E-state index contributed by atoms with van der Waals surface area (Å²) in [5, 5.41) is 2.86. The molecule has 0 aliphatic carbocycles. The maximum atomic E-state index is 11.8. The first-order chi connectivity index (χ1) is 9.17. The van der Waals surface area contributed by atoms with Gasteiger partial charge in [0.2, 0.25) is 5.91 Å². The molecule has 3 heteroatoms. The largest absolute Gasteiger partial charge is 0.325 e. The van der Waals surface area contributed by atoms with Crippen molar-refractivity contribution in [2.75, 3.05) is 5.32 Å². The second kappa shape index (κ2) is 8.70. The summed E-state index contributed by atoms with van der Waals surface area (Å²) in [6, 6.07) is 7.66. The van der Waals surface area contributed by atoms with Crippen LogP contribution in [-0.2, 0) is 11.2 Å². The quantitative estimate of drug-likeness (QED) is 0.705. The lowest BCUT2D eigenvalue weighted by Crippen LogP contribution is -2.35. The average molecular weight is 262 g/mol. The van der Waals surface area contributed by atoms with Crippen LogP contribution in [0.1, 0.15) is 51.5 Å². The molecule has 0 spiro atoms. The van der Waals surface area contributed by atoms with Gasteiger partial charge in [0, 0.05) is 5.69 Å². The third-order valence-electron chi connectivity index (χ3n) is 3.23. The number of nitrogens with one attached hydrogen (secondary N) is 1. The van der Waals surface area contributed by atoms with Gasteiger partial charge in [-0.25, -0.2) is 0 Å². The Balaban J connectivity index is 2.45. The van der Waals surface area contributed by atoms with E-state index in [9.17, 15) is 4.79 Å². The first kappa shape index (κ1) is 15.7. The predicted octanol–water partition coefficient (Wildman–Crippen LogP) is 3.49. The van der Waals surface area contributed by atoms with Crippen molar-refractivity contribution in [1.29, 1.82) is 0 Å². The monoisotopic (exact) mass is 262 g/mol. The normalized spacial score (nSPS) is 12.2.